The molecule has 8 heteroatoms. The smallest absolute Gasteiger partial charge is 0.369 e. The van der Waals surface area contributed by atoms with Crippen LogP contribution in [0.25, 0.3) is 0 Å². The van der Waals surface area contributed by atoms with Crippen molar-refractivity contribution in [2.24, 2.45) is 5.73 Å². The Hall–Kier alpha value is -2.09. The highest BCUT2D eigenvalue weighted by Gasteiger charge is 2.30. The number of nitrogens with zero attached hydrogens (tertiary/aromatic N) is 1. The molecule has 1 aromatic rings. The maximum absolute atomic E-state index is 12.7. The van der Waals surface area contributed by atoms with Crippen LogP contribution in [0.15, 0.2) is 24.3 Å². The van der Waals surface area contributed by atoms with Crippen LogP contribution in [0.5, 0.6) is 0 Å². The van der Waals surface area contributed by atoms with Gasteiger partial charge in [0.15, 0.2) is 0 Å². The summed E-state index contributed by atoms with van der Waals surface area (Å²) in [4.78, 5) is 24.8. The fourth-order valence-corrected chi connectivity index (χ4v) is 2.78. The third-order valence-electron chi connectivity index (χ3n) is 3.95. The number of piperidine rings is 1. The van der Waals surface area contributed by atoms with E-state index in [9.17, 15) is 22.8 Å². The Morgan fingerprint density at radius 3 is 2.50 bits per heavy atom. The molecular weight excluding hydrogens is 323 g/mol. The molecule has 2 rings (SSSR count). The molecule has 1 saturated heterocycles. The summed E-state index contributed by atoms with van der Waals surface area (Å²) < 4.78 is 38.0. The number of benzene rings is 1. The number of carbonyl (C=O) groups is 2. The fourth-order valence-electron chi connectivity index (χ4n) is 2.78. The topological polar surface area (TPSA) is 75.4 Å². The van der Waals surface area contributed by atoms with E-state index in [1.54, 1.807) is 0 Å². The lowest BCUT2D eigenvalue weighted by molar-refractivity contribution is -0.137. The molecule has 0 spiro atoms. The first kappa shape index (κ1) is 18.3. The largest absolute Gasteiger partial charge is 0.416 e. The molecule has 0 saturated carbocycles. The van der Waals surface area contributed by atoms with Gasteiger partial charge in [-0.15, -0.1) is 0 Å². The number of nitrogens with two attached hydrogens (primary N) is 1. The maximum atomic E-state index is 12.7. The molecule has 2 amide bonds. The van der Waals surface area contributed by atoms with E-state index in [2.05, 4.69) is 5.32 Å². The summed E-state index contributed by atoms with van der Waals surface area (Å²) in [7, 11) is 0. The predicted molar refractivity (Wildman–Crippen MR) is 81.9 cm³/mol. The lowest BCUT2D eigenvalue weighted by Gasteiger charge is -2.31. The van der Waals surface area contributed by atoms with Gasteiger partial charge in [0.1, 0.15) is 0 Å². The summed E-state index contributed by atoms with van der Waals surface area (Å²) in [5.74, 6) is -0.690. The first-order valence-electron chi connectivity index (χ1n) is 7.70. The van der Waals surface area contributed by atoms with Crippen LogP contribution in [0.2, 0.25) is 0 Å². The van der Waals surface area contributed by atoms with Crippen molar-refractivity contribution >= 4 is 11.8 Å². The molecule has 132 valence electrons. The molecule has 0 radical (unpaired) electrons. The molecule has 3 N–H and O–H groups in total. The number of alkyl halides is 3. The van der Waals surface area contributed by atoms with Crippen molar-refractivity contribution < 1.29 is 22.8 Å². The molecule has 1 fully saturated rings. The number of rotatable bonds is 5. The van der Waals surface area contributed by atoms with E-state index < -0.39 is 11.7 Å². The molecular formula is C16H20F3N3O2. The predicted octanol–water partition coefficient (Wildman–Crippen LogP) is 1.31. The van der Waals surface area contributed by atoms with Gasteiger partial charge in [0.25, 0.3) is 0 Å². The number of primary amides is 1. The Bertz CT molecular complexity index is 596. The molecule has 24 heavy (non-hydrogen) atoms. The highest BCUT2D eigenvalue weighted by molar-refractivity contribution is 5.79. The van der Waals surface area contributed by atoms with Crippen molar-refractivity contribution in [3.63, 3.8) is 0 Å². The zero-order chi connectivity index (χ0) is 17.7. The van der Waals surface area contributed by atoms with Gasteiger partial charge in [-0.05, 0) is 24.5 Å². The van der Waals surface area contributed by atoms with Crippen LogP contribution in [0.3, 0.4) is 0 Å². The lowest BCUT2D eigenvalue weighted by Crippen LogP contribution is -2.47. The molecule has 0 unspecified atom stereocenters. The fraction of sp³-hybridized carbons (Fsp3) is 0.500. The molecule has 0 bridgehead atoms. The van der Waals surface area contributed by atoms with Gasteiger partial charge in [-0.3, -0.25) is 14.5 Å². The second-order valence-electron chi connectivity index (χ2n) is 5.96. The first-order valence-corrected chi connectivity index (χ1v) is 7.70. The van der Waals surface area contributed by atoms with E-state index in [0.717, 1.165) is 12.1 Å². The Balaban J connectivity index is 1.83. The number of amides is 2. The average molecular weight is 343 g/mol. The number of hydrogen-bond acceptors (Lipinski definition) is 3. The van der Waals surface area contributed by atoms with E-state index >= 15 is 0 Å². The monoisotopic (exact) mass is 343 g/mol. The summed E-state index contributed by atoms with van der Waals surface area (Å²) >= 11 is 0. The number of nitrogens with one attached hydrogen (secondary N) is 1. The Morgan fingerprint density at radius 1 is 1.25 bits per heavy atom. The van der Waals surface area contributed by atoms with Crippen molar-refractivity contribution in [2.45, 2.75) is 31.5 Å². The molecule has 1 heterocycles. The van der Waals surface area contributed by atoms with Crippen LogP contribution in [0.4, 0.5) is 13.2 Å². The summed E-state index contributed by atoms with van der Waals surface area (Å²) in [6.45, 7) is 1.50. The van der Waals surface area contributed by atoms with E-state index in [-0.39, 0.29) is 30.8 Å². The van der Waals surface area contributed by atoms with Gasteiger partial charge in [0.05, 0.1) is 18.5 Å². The zero-order valence-electron chi connectivity index (χ0n) is 13.1. The minimum Gasteiger partial charge on any atom is -0.369 e. The van der Waals surface area contributed by atoms with Gasteiger partial charge in [-0.1, -0.05) is 18.2 Å². The molecule has 1 aliphatic heterocycles. The Kier molecular flexibility index (Phi) is 5.82. The minimum absolute atomic E-state index is 0.0348. The lowest BCUT2D eigenvalue weighted by atomic mass is 10.0. The number of likely N-dealkylation sites (tertiary alicyclic amines) is 1. The molecule has 5 nitrogen and oxygen atoms in total. The summed E-state index contributed by atoms with van der Waals surface area (Å²) in [5.41, 5.74) is 4.71. The van der Waals surface area contributed by atoms with Gasteiger partial charge in [0, 0.05) is 19.1 Å². The van der Waals surface area contributed by atoms with Gasteiger partial charge in [-0.25, -0.2) is 0 Å². The maximum Gasteiger partial charge on any atom is 0.416 e. The van der Waals surface area contributed by atoms with Crippen molar-refractivity contribution in [2.75, 3.05) is 19.6 Å². The second kappa shape index (κ2) is 7.65. The van der Waals surface area contributed by atoms with Crippen LogP contribution < -0.4 is 11.1 Å². The van der Waals surface area contributed by atoms with Crippen LogP contribution >= 0.6 is 0 Å². The Labute approximate surface area is 138 Å². The van der Waals surface area contributed by atoms with Gasteiger partial charge in [-0.2, -0.15) is 13.2 Å². The van der Waals surface area contributed by atoms with Gasteiger partial charge >= 0.3 is 6.18 Å². The third-order valence-corrected chi connectivity index (χ3v) is 3.95. The standard InChI is InChI=1S/C16H20F3N3O2/c17-16(18,19)12-3-1-2-11(8-12)9-15(24)21-13-4-6-22(7-5-13)10-14(20)23/h1-3,8,13H,4-7,9-10H2,(H2,20,23)(H,21,24). The number of halogens is 3. The molecule has 1 aliphatic rings. The van der Waals surface area contributed by atoms with Gasteiger partial charge in [0.2, 0.25) is 11.8 Å². The molecule has 0 atom stereocenters. The summed E-state index contributed by atoms with van der Waals surface area (Å²) in [6, 6.07) is 4.75. The van der Waals surface area contributed by atoms with E-state index in [0.29, 0.717) is 31.5 Å². The van der Waals surface area contributed by atoms with Crippen molar-refractivity contribution in [3.8, 4) is 0 Å². The van der Waals surface area contributed by atoms with Crippen LogP contribution in [-0.4, -0.2) is 42.4 Å². The van der Waals surface area contributed by atoms with Crippen molar-refractivity contribution in [1.29, 1.82) is 0 Å². The van der Waals surface area contributed by atoms with Crippen LogP contribution in [0.1, 0.15) is 24.0 Å². The van der Waals surface area contributed by atoms with E-state index in [1.165, 1.54) is 12.1 Å². The third kappa shape index (κ3) is 5.52. The minimum atomic E-state index is -4.42. The molecule has 0 aromatic heterocycles. The number of hydrogen-bond donors (Lipinski definition) is 2. The molecule has 1 aromatic carbocycles. The zero-order valence-corrected chi connectivity index (χ0v) is 13.1. The first-order chi connectivity index (χ1) is 11.2. The second-order valence-corrected chi connectivity index (χ2v) is 5.96. The highest BCUT2D eigenvalue weighted by Crippen LogP contribution is 2.29. The van der Waals surface area contributed by atoms with Gasteiger partial charge < -0.3 is 11.1 Å². The van der Waals surface area contributed by atoms with Crippen LogP contribution in [-0.2, 0) is 22.2 Å². The SMILES string of the molecule is NC(=O)CN1CCC(NC(=O)Cc2cccc(C(F)(F)F)c2)CC1. The summed E-state index contributed by atoms with van der Waals surface area (Å²) in [5, 5.41) is 2.84. The Morgan fingerprint density at radius 2 is 1.92 bits per heavy atom. The average Bonchev–Trinajstić information content (AvgIpc) is 2.48. The van der Waals surface area contributed by atoms with E-state index in [1.807, 2.05) is 4.90 Å². The quantitative estimate of drug-likeness (QED) is 0.847. The van der Waals surface area contributed by atoms with Crippen molar-refractivity contribution in [1.82, 2.24) is 10.2 Å². The molecule has 0 aliphatic carbocycles. The van der Waals surface area contributed by atoms with Crippen LogP contribution in [0, 0.1) is 0 Å². The summed E-state index contributed by atoms with van der Waals surface area (Å²) in [6.07, 6.45) is -3.14. The van der Waals surface area contributed by atoms with E-state index in [4.69, 9.17) is 5.73 Å². The van der Waals surface area contributed by atoms with Crippen molar-refractivity contribution in [3.05, 3.63) is 35.4 Å². The highest BCUT2D eigenvalue weighted by atomic mass is 19.4. The number of carbonyl (C=O) groups excluding carboxylic acids is 2. The normalized spacial score (nSPS) is 16.8.